The monoisotopic (exact) mass is 546 g/mol. The molecule has 0 fully saturated rings. The molecule has 7 rings (SSSR count). The Morgan fingerprint density at radius 3 is 1.24 bits per heavy atom. The van der Waals surface area contributed by atoms with E-state index in [1.54, 1.807) is 0 Å². The minimum atomic E-state index is 0.110. The first-order valence-corrected chi connectivity index (χ1v) is 15.2. The highest BCUT2D eigenvalue weighted by atomic mass is 15.2. The first kappa shape index (κ1) is 26.7. The average Bonchev–Trinajstić information content (AvgIpc) is 2.96. The molecule has 0 aliphatic carbocycles. The Bertz CT molecular complexity index is 1670. The number of hydrogen-bond donors (Lipinski definition) is 0. The summed E-state index contributed by atoms with van der Waals surface area (Å²) in [7, 11) is 0. The second-order valence-electron chi connectivity index (χ2n) is 14.0. The van der Waals surface area contributed by atoms with E-state index in [-0.39, 0.29) is 17.5 Å². The van der Waals surface area contributed by atoms with Crippen LogP contribution in [0.3, 0.4) is 0 Å². The molecule has 0 unspecified atom stereocenters. The second-order valence-corrected chi connectivity index (χ2v) is 14.0. The summed E-state index contributed by atoms with van der Waals surface area (Å²) in [6.07, 6.45) is 0. The fraction of sp³-hybridized carbons (Fsp3) is 0.231. The van der Waals surface area contributed by atoms with Crippen molar-refractivity contribution in [3.63, 3.8) is 0 Å². The van der Waals surface area contributed by atoms with Gasteiger partial charge in [-0.25, -0.2) is 0 Å². The van der Waals surface area contributed by atoms with E-state index in [0.29, 0.717) is 0 Å². The van der Waals surface area contributed by atoms with E-state index >= 15 is 0 Å². The first-order valence-electron chi connectivity index (χ1n) is 15.2. The van der Waals surface area contributed by atoms with E-state index in [9.17, 15) is 0 Å². The van der Waals surface area contributed by atoms with Crippen molar-refractivity contribution >= 4 is 57.2 Å². The van der Waals surface area contributed by atoms with Crippen LogP contribution < -0.4 is 26.2 Å². The highest BCUT2D eigenvalue weighted by molar-refractivity contribution is 7.00. The van der Waals surface area contributed by atoms with Crippen molar-refractivity contribution in [2.24, 2.45) is 0 Å². The molecule has 0 bridgehead atoms. The topological polar surface area (TPSA) is 6.48 Å². The van der Waals surface area contributed by atoms with Gasteiger partial charge < -0.3 is 9.80 Å². The Hall–Kier alpha value is -4.24. The van der Waals surface area contributed by atoms with Crippen LogP contribution in [0, 0.1) is 6.92 Å². The van der Waals surface area contributed by atoms with Gasteiger partial charge in [-0.3, -0.25) is 0 Å². The summed E-state index contributed by atoms with van der Waals surface area (Å²) in [6, 6.07) is 41.1. The molecule has 0 radical (unpaired) electrons. The molecule has 0 amide bonds. The number of benzene rings is 5. The zero-order chi connectivity index (χ0) is 29.4. The highest BCUT2D eigenvalue weighted by Gasteiger charge is 2.43. The van der Waals surface area contributed by atoms with Crippen LogP contribution in [0.25, 0.3) is 0 Å². The predicted octanol–water partition coefficient (Wildman–Crippen LogP) is 8.67. The Labute approximate surface area is 251 Å². The molecule has 3 heteroatoms. The van der Waals surface area contributed by atoms with Gasteiger partial charge in [0.25, 0.3) is 6.71 Å². The summed E-state index contributed by atoms with van der Waals surface area (Å²) < 4.78 is 0. The van der Waals surface area contributed by atoms with E-state index in [1.165, 1.54) is 67.2 Å². The number of fused-ring (bicyclic) bond motifs is 4. The van der Waals surface area contributed by atoms with Crippen LogP contribution in [0.2, 0.25) is 0 Å². The van der Waals surface area contributed by atoms with Gasteiger partial charge in [0.1, 0.15) is 0 Å². The lowest BCUT2D eigenvalue weighted by Crippen LogP contribution is -2.61. The van der Waals surface area contributed by atoms with E-state index in [1.807, 2.05) is 0 Å². The van der Waals surface area contributed by atoms with Crippen molar-refractivity contribution in [3.8, 4) is 0 Å². The number of nitrogens with zero attached hydrogens (tertiary/aromatic N) is 2. The van der Waals surface area contributed by atoms with Gasteiger partial charge in [0, 0.05) is 34.1 Å². The summed E-state index contributed by atoms with van der Waals surface area (Å²) in [6.45, 7) is 16.1. The van der Waals surface area contributed by atoms with Crippen LogP contribution in [-0.4, -0.2) is 6.71 Å². The summed E-state index contributed by atoms with van der Waals surface area (Å²) in [5, 5.41) is 0. The molecule has 208 valence electrons. The fourth-order valence-corrected chi connectivity index (χ4v) is 6.81. The Balaban J connectivity index is 1.49. The fourth-order valence-electron chi connectivity index (χ4n) is 6.81. The summed E-state index contributed by atoms with van der Waals surface area (Å²) in [5.41, 5.74) is 15.7. The Morgan fingerprint density at radius 1 is 0.476 bits per heavy atom. The molecule has 2 aliphatic rings. The zero-order valence-corrected chi connectivity index (χ0v) is 25.9. The summed E-state index contributed by atoms with van der Waals surface area (Å²) >= 11 is 0. The maximum atomic E-state index is 2.49. The number of para-hydroxylation sites is 2. The SMILES string of the molecule is Cc1cc2c3c(c1)N(c1ccc(C(C)(C)C)cc1)c1ccccc1B3c1ccccc1N2c1ccc(C(C)(C)C)cc1. The summed E-state index contributed by atoms with van der Waals surface area (Å²) in [4.78, 5) is 4.97. The van der Waals surface area contributed by atoms with Crippen molar-refractivity contribution in [1.29, 1.82) is 0 Å². The third-order valence-electron chi connectivity index (χ3n) is 9.01. The molecule has 5 aromatic carbocycles. The average molecular weight is 547 g/mol. The molecule has 2 nitrogen and oxygen atoms in total. The number of rotatable bonds is 2. The third kappa shape index (κ3) is 4.17. The van der Waals surface area contributed by atoms with Crippen LogP contribution >= 0.6 is 0 Å². The quantitative estimate of drug-likeness (QED) is 0.200. The number of aryl methyl sites for hydroxylation is 1. The maximum absolute atomic E-state index is 2.49. The van der Waals surface area contributed by atoms with Gasteiger partial charge in [0.15, 0.2) is 0 Å². The molecule has 0 aromatic heterocycles. The smallest absolute Gasteiger partial charge is 0.252 e. The Morgan fingerprint density at radius 2 is 0.857 bits per heavy atom. The van der Waals surface area contributed by atoms with Crippen molar-refractivity contribution in [3.05, 3.63) is 126 Å². The van der Waals surface area contributed by atoms with Crippen LogP contribution in [-0.2, 0) is 10.8 Å². The first-order chi connectivity index (χ1) is 20.0. The number of hydrogen-bond acceptors (Lipinski definition) is 2. The lowest BCUT2D eigenvalue weighted by molar-refractivity contribution is 0.590. The normalized spacial score (nSPS) is 13.9. The lowest BCUT2D eigenvalue weighted by Gasteiger charge is -2.44. The minimum Gasteiger partial charge on any atom is -0.311 e. The largest absolute Gasteiger partial charge is 0.311 e. The molecule has 0 spiro atoms. The van der Waals surface area contributed by atoms with Crippen molar-refractivity contribution in [1.82, 2.24) is 0 Å². The summed E-state index contributed by atoms with van der Waals surface area (Å²) in [5.74, 6) is 0. The van der Waals surface area contributed by atoms with E-state index in [0.717, 1.165) is 0 Å². The molecule has 0 saturated carbocycles. The lowest BCUT2D eigenvalue weighted by atomic mass is 9.33. The molecular formula is C39H39BN2. The molecule has 0 atom stereocenters. The number of anilines is 6. The van der Waals surface area contributed by atoms with Gasteiger partial charge in [-0.1, -0.05) is 102 Å². The predicted molar refractivity (Wildman–Crippen MR) is 183 cm³/mol. The van der Waals surface area contributed by atoms with Crippen LogP contribution in [0.5, 0.6) is 0 Å². The van der Waals surface area contributed by atoms with E-state index < -0.39 is 0 Å². The van der Waals surface area contributed by atoms with Crippen LogP contribution in [0.15, 0.2) is 109 Å². The molecule has 0 N–H and O–H groups in total. The van der Waals surface area contributed by atoms with Gasteiger partial charge in [0.2, 0.25) is 0 Å². The van der Waals surface area contributed by atoms with E-state index in [4.69, 9.17) is 0 Å². The highest BCUT2D eigenvalue weighted by Crippen LogP contribution is 2.44. The molecule has 42 heavy (non-hydrogen) atoms. The van der Waals surface area contributed by atoms with Gasteiger partial charge >= 0.3 is 0 Å². The minimum absolute atomic E-state index is 0.110. The molecule has 2 heterocycles. The maximum Gasteiger partial charge on any atom is 0.252 e. The van der Waals surface area contributed by atoms with Crippen molar-refractivity contribution in [2.75, 3.05) is 9.80 Å². The second kappa shape index (κ2) is 9.39. The third-order valence-corrected chi connectivity index (χ3v) is 9.01. The zero-order valence-electron chi connectivity index (χ0n) is 25.9. The molecular weight excluding hydrogens is 507 g/mol. The molecule has 2 aliphatic heterocycles. The molecule has 5 aromatic rings. The molecule has 0 saturated heterocycles. The van der Waals surface area contributed by atoms with Crippen LogP contribution in [0.1, 0.15) is 58.2 Å². The standard InChI is InChI=1S/C39H39BN2/c1-26-24-35-37-36(25-26)42(30-22-18-28(19-23-30)39(5,6)7)34-15-11-9-13-32(34)40(37)31-12-8-10-14-33(31)41(35)29-20-16-27(17-21-29)38(2,3)4/h8-25H,1-7H3. The van der Waals surface area contributed by atoms with Gasteiger partial charge in [-0.05, 0) is 99.4 Å². The van der Waals surface area contributed by atoms with Gasteiger partial charge in [-0.15, -0.1) is 0 Å². The van der Waals surface area contributed by atoms with Crippen LogP contribution in [0.4, 0.5) is 34.1 Å². The Kier molecular flexibility index (Phi) is 5.96. The van der Waals surface area contributed by atoms with E-state index in [2.05, 4.69) is 167 Å². The van der Waals surface area contributed by atoms with Crippen molar-refractivity contribution in [2.45, 2.75) is 59.3 Å². The van der Waals surface area contributed by atoms with Gasteiger partial charge in [0.05, 0.1) is 0 Å². The van der Waals surface area contributed by atoms with Crippen molar-refractivity contribution < 1.29 is 0 Å². The van der Waals surface area contributed by atoms with Gasteiger partial charge in [-0.2, -0.15) is 0 Å².